The van der Waals surface area contributed by atoms with Gasteiger partial charge in [0.1, 0.15) is 115 Å². The van der Waals surface area contributed by atoms with Crippen molar-refractivity contribution >= 4 is 53.3 Å². The summed E-state index contributed by atoms with van der Waals surface area (Å²) in [4.78, 5) is 100. The first-order valence-corrected chi connectivity index (χ1v) is 30.3. The van der Waals surface area contributed by atoms with Crippen molar-refractivity contribution in [3.8, 4) is 5.75 Å². The van der Waals surface area contributed by atoms with Crippen molar-refractivity contribution in [3.05, 3.63) is 65.7 Å². The minimum absolute atomic E-state index is 0.0895. The highest BCUT2D eigenvalue weighted by atomic mass is 16.7. The smallest absolute Gasteiger partial charge is 0.308 e. The van der Waals surface area contributed by atoms with Crippen LogP contribution >= 0.6 is 0 Å². The van der Waals surface area contributed by atoms with Gasteiger partial charge in [0.25, 0.3) is 0 Å². The summed E-state index contributed by atoms with van der Waals surface area (Å²) >= 11 is 0. The molecule has 0 saturated carbocycles. The van der Waals surface area contributed by atoms with Crippen LogP contribution in [0.5, 0.6) is 5.75 Å². The SMILES string of the molecule is CC(C)C(=O)O[C@@H]1[C@H](O)[C@@H](O[C@H]2[C@H](O)[C@H](O)[C@@H](Oc3ccc(C[C@H]4NC(=O)[C@H](Cc5ccccc5)NC(=O)CNC(=O)[C@H](CO)NC(=O)[C@@H](C(O)C5CNC(=N)N5[C@H]5O[C@H](CO)[C@@H](O)[C@H](O)[C@@H]5O)NC(=O)[C@H](C(O)C5CNC(=N)N5)NC4=O)cc3)O[C@@H]2CO)O[C@H](CO)[C@H]1O. The van der Waals surface area contributed by atoms with Gasteiger partial charge in [-0.05, 0) is 23.3 Å². The summed E-state index contributed by atoms with van der Waals surface area (Å²) < 4.78 is 34.0. The van der Waals surface area contributed by atoms with Gasteiger partial charge in [-0.1, -0.05) is 56.3 Å². The van der Waals surface area contributed by atoms with Gasteiger partial charge in [0, 0.05) is 25.9 Å². The van der Waals surface area contributed by atoms with Crippen LogP contribution in [-0.2, 0) is 70.1 Å². The zero-order valence-electron chi connectivity index (χ0n) is 51.1. The zero-order chi connectivity index (χ0) is 69.3. The predicted octanol–water partition coefficient (Wildman–Crippen LogP) is -12.5. The van der Waals surface area contributed by atoms with Gasteiger partial charge in [0.05, 0.1) is 51.0 Å². The summed E-state index contributed by atoms with van der Waals surface area (Å²) in [6.07, 6.45) is -32.2. The highest BCUT2D eigenvalue weighted by Crippen LogP contribution is 2.33. The van der Waals surface area contributed by atoms with Crippen LogP contribution in [0.4, 0.5) is 0 Å². The number of nitrogens with one attached hydrogen (secondary N) is 11. The molecule has 6 aliphatic rings. The van der Waals surface area contributed by atoms with Crippen LogP contribution in [0, 0.1) is 16.7 Å². The highest BCUT2D eigenvalue weighted by Gasteiger charge is 2.55. The number of carbonyl (C=O) groups excluding carboxylic acids is 7. The first kappa shape index (κ1) is 73.2. The topological polar surface area (TPSA) is 597 Å². The van der Waals surface area contributed by atoms with Crippen LogP contribution in [0.15, 0.2) is 54.6 Å². The third kappa shape index (κ3) is 17.2. The molecule has 6 fully saturated rings. The summed E-state index contributed by atoms with van der Waals surface area (Å²) in [5.74, 6) is -9.98. The lowest BCUT2D eigenvalue weighted by atomic mass is 9.95. The molecule has 6 heterocycles. The maximum Gasteiger partial charge on any atom is 0.308 e. The quantitative estimate of drug-likeness (QED) is 0.0581. The van der Waals surface area contributed by atoms with Crippen LogP contribution < -0.4 is 52.6 Å². The predicted molar refractivity (Wildman–Crippen MR) is 316 cm³/mol. The molecule has 6 aliphatic heterocycles. The summed E-state index contributed by atoms with van der Waals surface area (Å²) in [5, 5.41) is 181. The summed E-state index contributed by atoms with van der Waals surface area (Å²) in [7, 11) is 0. The Kier molecular flexibility index (Phi) is 25.0. The number of amides is 6. The Morgan fingerprint density at radius 1 is 0.558 bits per heavy atom. The Balaban J connectivity index is 1.08. The lowest BCUT2D eigenvalue weighted by Gasteiger charge is -2.46. The molecule has 6 amide bonds. The van der Waals surface area contributed by atoms with Crippen LogP contribution in [0.3, 0.4) is 0 Å². The number of aliphatic hydroxyl groups excluding tert-OH is 13. The van der Waals surface area contributed by atoms with Crippen LogP contribution in [0.1, 0.15) is 25.0 Å². The van der Waals surface area contributed by atoms with E-state index in [1.54, 1.807) is 30.3 Å². The van der Waals surface area contributed by atoms with E-state index in [2.05, 4.69) is 47.9 Å². The fourth-order valence-corrected chi connectivity index (χ4v) is 11.4. The highest BCUT2D eigenvalue weighted by molar-refractivity contribution is 5.98. The van der Waals surface area contributed by atoms with Crippen molar-refractivity contribution in [3.63, 3.8) is 0 Å². The zero-order valence-corrected chi connectivity index (χ0v) is 51.1. The van der Waals surface area contributed by atoms with Gasteiger partial charge >= 0.3 is 5.97 Å². The van der Waals surface area contributed by atoms with Crippen molar-refractivity contribution in [2.24, 2.45) is 5.92 Å². The molecule has 24 N–H and O–H groups in total. The number of aliphatic hydroxyl groups is 13. The molecule has 2 aromatic rings. The number of nitrogens with zero attached hydrogens (tertiary/aromatic N) is 1. The van der Waals surface area contributed by atoms with E-state index < -0.39 is 246 Å². The molecule has 24 atom stereocenters. The number of ether oxygens (including phenoxy) is 6. The molecule has 4 unspecified atom stereocenters. The van der Waals surface area contributed by atoms with Crippen molar-refractivity contribution in [1.82, 2.24) is 52.8 Å². The second kappa shape index (κ2) is 32.4. The van der Waals surface area contributed by atoms with Gasteiger partial charge in [0.2, 0.25) is 41.7 Å². The number of carbonyl (C=O) groups is 7. The summed E-state index contributed by atoms with van der Waals surface area (Å²) in [6.45, 7) is -2.53. The molecular formula is C57H82N12O26. The number of rotatable bonds is 19. The van der Waals surface area contributed by atoms with Crippen molar-refractivity contribution in [2.45, 2.75) is 173 Å². The number of hydrogen-bond donors (Lipinski definition) is 24. The maximum atomic E-state index is 15.1. The Bertz CT molecular complexity index is 3020. The number of hydrogen-bond acceptors (Lipinski definition) is 28. The van der Waals surface area contributed by atoms with E-state index in [1.807, 2.05) is 0 Å². The number of benzene rings is 2. The van der Waals surface area contributed by atoms with Crippen molar-refractivity contribution in [2.75, 3.05) is 46.1 Å². The molecule has 6 saturated heterocycles. The van der Waals surface area contributed by atoms with Gasteiger partial charge in [-0.2, -0.15) is 0 Å². The third-order valence-electron chi connectivity index (χ3n) is 16.8. The van der Waals surface area contributed by atoms with E-state index in [4.69, 9.17) is 39.2 Å². The normalized spacial score (nSPS) is 36.1. The van der Waals surface area contributed by atoms with Gasteiger partial charge in [-0.25, -0.2) is 0 Å². The molecule has 2 aromatic carbocycles. The van der Waals surface area contributed by atoms with Gasteiger partial charge in [-0.3, -0.25) is 44.4 Å². The fraction of sp³-hybridized carbons (Fsp3) is 0.632. The molecule has 8 rings (SSSR count). The molecule has 0 radical (unpaired) electrons. The molecule has 0 aromatic heterocycles. The van der Waals surface area contributed by atoms with E-state index >= 15 is 9.59 Å². The fourth-order valence-electron chi connectivity index (χ4n) is 11.4. The largest absolute Gasteiger partial charge is 0.462 e. The average Bonchev–Trinajstić information content (AvgIpc) is 1.77. The Labute approximate surface area is 540 Å². The Hall–Kier alpha value is -7.61. The van der Waals surface area contributed by atoms with Crippen molar-refractivity contribution < 1.29 is 128 Å². The molecule has 0 spiro atoms. The summed E-state index contributed by atoms with van der Waals surface area (Å²) in [5.41, 5.74) is 0.684. The molecule has 95 heavy (non-hydrogen) atoms. The van der Waals surface area contributed by atoms with Gasteiger partial charge in [0.15, 0.2) is 30.5 Å². The molecule has 38 nitrogen and oxygen atoms in total. The van der Waals surface area contributed by atoms with E-state index in [0.29, 0.717) is 5.56 Å². The average molecular weight is 1350 g/mol. The lowest BCUT2D eigenvalue weighted by molar-refractivity contribution is -0.353. The van der Waals surface area contributed by atoms with Crippen molar-refractivity contribution in [1.29, 1.82) is 10.8 Å². The minimum Gasteiger partial charge on any atom is -0.462 e. The molecule has 526 valence electrons. The second-order valence-electron chi connectivity index (χ2n) is 23.8. The monoisotopic (exact) mass is 1350 g/mol. The maximum absolute atomic E-state index is 15.1. The first-order valence-electron chi connectivity index (χ1n) is 30.3. The molecular weight excluding hydrogens is 1270 g/mol. The standard InChI is InChI=1S/C57H82N12O26/c1-21(2)53(89)94-46-39(78)31(19-72)92-55(44(46)83)95-45-32(20-73)93-54(43(82)41(45)80)90-24-10-8-23(9-11-24)13-26-49(86)67-34(36(75)27-14-61-56(58)66-27)51(88)68-35(37(76)29-15-62-57(59)69(29)52-42(81)40(79)38(77)30(18-71)91-52)50(87)65-28(17-70)47(84)60-16-33(74)63-25(48(85)64-26)12-22-6-4-3-5-7-22/h3-11,21,25-32,34-46,52,54-55,70-73,75-83H,12-20H2,1-2H3,(H2,59,62)(H,60,84)(H,63,74)(H,64,85)(H,65,87)(H,67,86)(H,68,88)(H3,58,61,66)/t25-,26+,27?,28-,29?,30+,31+,32+,34-,35+,36?,37?,38+,39+,40-,41+,42-,43-,44-,45+,46-,52-,54-,55+/m0/s1. The number of guanidine groups is 2. The van der Waals surface area contributed by atoms with Crippen LogP contribution in [-0.4, -0.2) is 317 Å². The lowest BCUT2D eigenvalue weighted by Crippen LogP contribution is -2.69. The van der Waals surface area contributed by atoms with Gasteiger partial charge < -0.3 is 148 Å². The van der Waals surface area contributed by atoms with E-state index in [9.17, 15) is 90.4 Å². The van der Waals surface area contributed by atoms with E-state index in [1.165, 1.54) is 38.1 Å². The molecule has 38 heteroatoms. The van der Waals surface area contributed by atoms with Crippen LogP contribution in [0.2, 0.25) is 0 Å². The Morgan fingerprint density at radius 2 is 1.14 bits per heavy atom. The third-order valence-corrected chi connectivity index (χ3v) is 16.8. The minimum atomic E-state index is -2.36. The number of esters is 1. The van der Waals surface area contributed by atoms with Gasteiger partial charge in [-0.15, -0.1) is 0 Å². The van der Waals surface area contributed by atoms with E-state index in [-0.39, 0.29) is 30.2 Å². The van der Waals surface area contributed by atoms with E-state index in [0.717, 1.165) is 4.90 Å². The molecule has 0 aliphatic carbocycles. The summed E-state index contributed by atoms with van der Waals surface area (Å²) in [6, 6.07) is 0.621. The second-order valence-corrected chi connectivity index (χ2v) is 23.8. The Morgan fingerprint density at radius 3 is 1.76 bits per heavy atom. The molecule has 0 bridgehead atoms. The first-order chi connectivity index (χ1) is 45.2. The van der Waals surface area contributed by atoms with Crippen LogP contribution in [0.25, 0.3) is 0 Å².